The van der Waals surface area contributed by atoms with Crippen LogP contribution in [0, 0.1) is 11.3 Å². The minimum atomic E-state index is -0.238. The number of rotatable bonds is 6. The molecule has 2 rings (SSSR count). The molecule has 0 radical (unpaired) electrons. The first-order valence-corrected chi connectivity index (χ1v) is 8.59. The van der Waals surface area contributed by atoms with E-state index < -0.39 is 0 Å². The molecule has 2 aromatic carbocycles. The molecular weight excluding hydrogens is 326 g/mol. The number of nitriles is 1. The van der Waals surface area contributed by atoms with Crippen molar-refractivity contribution < 1.29 is 9.59 Å². The normalized spacial score (nSPS) is 10.3. The van der Waals surface area contributed by atoms with E-state index in [1.807, 2.05) is 30.3 Å². The standard InChI is InChI=1S/C21H23N3O2/c1-15(2)17-8-10-19(11-9-17)24(16(3)25)13-12-21(26)23-20-7-5-4-6-18(20)14-22/h4-11,15H,12-13H2,1-3H3,(H,23,26). The van der Waals surface area contributed by atoms with Crippen LogP contribution in [0.4, 0.5) is 11.4 Å². The quantitative estimate of drug-likeness (QED) is 0.854. The van der Waals surface area contributed by atoms with E-state index in [0.717, 1.165) is 5.69 Å². The van der Waals surface area contributed by atoms with Crippen LogP contribution in [0.2, 0.25) is 0 Å². The Hall–Kier alpha value is -3.13. The third-order valence-corrected chi connectivity index (χ3v) is 4.14. The van der Waals surface area contributed by atoms with E-state index in [9.17, 15) is 9.59 Å². The molecule has 134 valence electrons. The van der Waals surface area contributed by atoms with E-state index in [2.05, 4.69) is 19.2 Å². The van der Waals surface area contributed by atoms with Gasteiger partial charge in [-0.2, -0.15) is 5.26 Å². The van der Waals surface area contributed by atoms with Crippen LogP contribution in [-0.2, 0) is 9.59 Å². The summed E-state index contributed by atoms with van der Waals surface area (Å²) >= 11 is 0. The van der Waals surface area contributed by atoms with E-state index in [1.54, 1.807) is 29.2 Å². The summed E-state index contributed by atoms with van der Waals surface area (Å²) in [6, 6.07) is 16.7. The summed E-state index contributed by atoms with van der Waals surface area (Å²) in [6.07, 6.45) is 0.144. The molecule has 0 fully saturated rings. The third kappa shape index (κ3) is 4.93. The highest BCUT2D eigenvalue weighted by molar-refractivity contribution is 5.95. The zero-order valence-corrected chi connectivity index (χ0v) is 15.3. The Labute approximate surface area is 154 Å². The number of nitrogens with zero attached hydrogens (tertiary/aromatic N) is 2. The number of amides is 2. The molecule has 2 amide bonds. The smallest absolute Gasteiger partial charge is 0.226 e. The van der Waals surface area contributed by atoms with E-state index in [0.29, 0.717) is 17.2 Å². The fraction of sp³-hybridized carbons (Fsp3) is 0.286. The maximum absolute atomic E-state index is 12.2. The lowest BCUT2D eigenvalue weighted by atomic mass is 10.0. The van der Waals surface area contributed by atoms with Crippen molar-refractivity contribution in [3.05, 3.63) is 59.7 Å². The van der Waals surface area contributed by atoms with Gasteiger partial charge in [0.25, 0.3) is 0 Å². The maximum atomic E-state index is 12.2. The predicted molar refractivity (Wildman–Crippen MR) is 103 cm³/mol. The van der Waals surface area contributed by atoms with Gasteiger partial charge in [0, 0.05) is 25.6 Å². The van der Waals surface area contributed by atoms with Crippen LogP contribution in [0.3, 0.4) is 0 Å². The van der Waals surface area contributed by atoms with Crippen LogP contribution in [0.25, 0.3) is 0 Å². The molecule has 0 aromatic heterocycles. The molecule has 0 unspecified atom stereocenters. The van der Waals surface area contributed by atoms with Gasteiger partial charge >= 0.3 is 0 Å². The van der Waals surface area contributed by atoms with Gasteiger partial charge in [0.2, 0.25) is 11.8 Å². The molecule has 0 aliphatic rings. The lowest BCUT2D eigenvalue weighted by molar-refractivity contribution is -0.117. The van der Waals surface area contributed by atoms with Crippen molar-refractivity contribution in [1.82, 2.24) is 0 Å². The molecule has 5 nitrogen and oxygen atoms in total. The summed E-state index contributed by atoms with van der Waals surface area (Å²) in [5.74, 6) is 0.0612. The summed E-state index contributed by atoms with van der Waals surface area (Å²) in [5, 5.41) is 11.8. The molecule has 2 aromatic rings. The lowest BCUT2D eigenvalue weighted by Crippen LogP contribution is -2.32. The number of hydrogen-bond donors (Lipinski definition) is 1. The first-order chi connectivity index (χ1) is 12.4. The molecule has 0 saturated heterocycles. The Morgan fingerprint density at radius 2 is 1.77 bits per heavy atom. The Kier molecular flexibility index (Phi) is 6.51. The number of carbonyl (C=O) groups excluding carboxylic acids is 2. The SMILES string of the molecule is CC(=O)N(CCC(=O)Nc1ccccc1C#N)c1ccc(C(C)C)cc1. The summed E-state index contributed by atoms with van der Waals surface area (Å²) in [7, 11) is 0. The summed E-state index contributed by atoms with van der Waals surface area (Å²) < 4.78 is 0. The fourth-order valence-corrected chi connectivity index (χ4v) is 2.62. The van der Waals surface area contributed by atoms with Gasteiger partial charge in [0.15, 0.2) is 0 Å². The second-order valence-corrected chi connectivity index (χ2v) is 6.37. The molecule has 0 saturated carbocycles. The van der Waals surface area contributed by atoms with Crippen LogP contribution in [0.1, 0.15) is 44.2 Å². The van der Waals surface area contributed by atoms with Gasteiger partial charge in [-0.05, 0) is 35.7 Å². The number of benzene rings is 2. The van der Waals surface area contributed by atoms with E-state index >= 15 is 0 Å². The topological polar surface area (TPSA) is 73.2 Å². The molecule has 5 heteroatoms. The number of anilines is 2. The van der Waals surface area contributed by atoms with Gasteiger partial charge in [0.05, 0.1) is 11.3 Å². The Morgan fingerprint density at radius 3 is 2.35 bits per heavy atom. The first-order valence-electron chi connectivity index (χ1n) is 8.59. The second kappa shape index (κ2) is 8.82. The number of para-hydroxylation sites is 1. The molecular formula is C21H23N3O2. The van der Waals surface area contributed by atoms with Gasteiger partial charge in [-0.15, -0.1) is 0 Å². The number of carbonyl (C=O) groups is 2. The molecule has 0 aliphatic carbocycles. The second-order valence-electron chi connectivity index (χ2n) is 6.37. The summed E-state index contributed by atoms with van der Waals surface area (Å²) in [5.41, 5.74) is 2.86. The zero-order valence-electron chi connectivity index (χ0n) is 15.3. The molecule has 26 heavy (non-hydrogen) atoms. The Morgan fingerprint density at radius 1 is 1.12 bits per heavy atom. The van der Waals surface area contributed by atoms with Crippen molar-refractivity contribution in [2.45, 2.75) is 33.1 Å². The van der Waals surface area contributed by atoms with Gasteiger partial charge in [-0.3, -0.25) is 9.59 Å². The minimum absolute atomic E-state index is 0.118. The van der Waals surface area contributed by atoms with Crippen LogP contribution in [0.15, 0.2) is 48.5 Å². The average molecular weight is 349 g/mol. The van der Waals surface area contributed by atoms with Crippen molar-refractivity contribution >= 4 is 23.2 Å². The zero-order chi connectivity index (χ0) is 19.1. The Bertz CT molecular complexity index is 820. The van der Waals surface area contributed by atoms with Gasteiger partial charge < -0.3 is 10.2 Å². The van der Waals surface area contributed by atoms with E-state index in [1.165, 1.54) is 12.5 Å². The highest BCUT2D eigenvalue weighted by Gasteiger charge is 2.14. The van der Waals surface area contributed by atoms with Crippen LogP contribution >= 0.6 is 0 Å². The highest BCUT2D eigenvalue weighted by Crippen LogP contribution is 2.21. The molecule has 0 heterocycles. The number of hydrogen-bond acceptors (Lipinski definition) is 3. The first kappa shape index (κ1) is 19.2. The monoisotopic (exact) mass is 349 g/mol. The van der Waals surface area contributed by atoms with Crippen LogP contribution < -0.4 is 10.2 Å². The Balaban J connectivity index is 2.03. The predicted octanol–water partition coefficient (Wildman–Crippen LogP) is 4.06. The molecule has 0 aliphatic heterocycles. The van der Waals surface area contributed by atoms with Crippen LogP contribution in [-0.4, -0.2) is 18.4 Å². The summed E-state index contributed by atoms with van der Waals surface area (Å²) in [4.78, 5) is 25.8. The number of nitrogens with one attached hydrogen (secondary N) is 1. The van der Waals surface area contributed by atoms with E-state index in [4.69, 9.17) is 5.26 Å². The average Bonchev–Trinajstić information content (AvgIpc) is 2.62. The molecule has 0 atom stereocenters. The van der Waals surface area contributed by atoms with Gasteiger partial charge in [0.1, 0.15) is 6.07 Å². The molecule has 0 spiro atoms. The lowest BCUT2D eigenvalue weighted by Gasteiger charge is -2.21. The highest BCUT2D eigenvalue weighted by atomic mass is 16.2. The third-order valence-electron chi connectivity index (χ3n) is 4.14. The van der Waals surface area contributed by atoms with Gasteiger partial charge in [-0.1, -0.05) is 38.1 Å². The van der Waals surface area contributed by atoms with E-state index in [-0.39, 0.29) is 24.8 Å². The van der Waals surface area contributed by atoms with Crippen molar-refractivity contribution in [1.29, 1.82) is 5.26 Å². The maximum Gasteiger partial charge on any atom is 0.226 e. The van der Waals surface area contributed by atoms with Gasteiger partial charge in [-0.25, -0.2) is 0 Å². The van der Waals surface area contributed by atoms with Crippen molar-refractivity contribution in [3.8, 4) is 6.07 Å². The fourth-order valence-electron chi connectivity index (χ4n) is 2.62. The summed E-state index contributed by atoms with van der Waals surface area (Å²) in [6.45, 7) is 5.98. The van der Waals surface area contributed by atoms with Crippen molar-refractivity contribution in [2.75, 3.05) is 16.8 Å². The van der Waals surface area contributed by atoms with Crippen molar-refractivity contribution in [2.24, 2.45) is 0 Å². The molecule has 1 N–H and O–H groups in total. The minimum Gasteiger partial charge on any atom is -0.325 e. The molecule has 0 bridgehead atoms. The van der Waals surface area contributed by atoms with Crippen LogP contribution in [0.5, 0.6) is 0 Å². The largest absolute Gasteiger partial charge is 0.325 e. The van der Waals surface area contributed by atoms with Crippen molar-refractivity contribution in [3.63, 3.8) is 0 Å².